The summed E-state index contributed by atoms with van der Waals surface area (Å²) in [6.45, 7) is 2.04. The van der Waals surface area contributed by atoms with Gasteiger partial charge in [-0.2, -0.15) is 0 Å². The number of hydrogen-bond donors (Lipinski definition) is 1. The van der Waals surface area contributed by atoms with Gasteiger partial charge in [0.2, 0.25) is 0 Å². The van der Waals surface area contributed by atoms with Gasteiger partial charge in [0.05, 0.1) is 19.3 Å². The van der Waals surface area contributed by atoms with E-state index in [4.69, 9.17) is 32.7 Å². The quantitative estimate of drug-likeness (QED) is 0.576. The number of hydrogen-bond acceptors (Lipinski definition) is 4. The molecule has 0 atom stereocenters. The Morgan fingerprint density at radius 3 is 2.29 bits per heavy atom. The lowest BCUT2D eigenvalue weighted by Gasteiger charge is -2.10. The number of anilines is 1. The van der Waals surface area contributed by atoms with Crippen molar-refractivity contribution in [2.24, 2.45) is 0 Å². The number of ether oxygens (including phenoxy) is 2. The molecule has 1 N–H and O–H groups in total. The minimum atomic E-state index is -0.428. The van der Waals surface area contributed by atoms with Crippen molar-refractivity contribution < 1.29 is 14.3 Å². The van der Waals surface area contributed by atoms with Crippen LogP contribution < -0.4 is 10.1 Å². The summed E-state index contributed by atoms with van der Waals surface area (Å²) in [6, 6.07) is 12.2. The zero-order chi connectivity index (χ0) is 17.5. The van der Waals surface area contributed by atoms with E-state index >= 15 is 0 Å². The summed E-state index contributed by atoms with van der Waals surface area (Å²) in [5, 5.41) is 4.03. The Kier molecular flexibility index (Phi) is 6.53. The standard InChI is InChI=1S/C18H17Cl2NO3/c1-3-24-18(22)17(12-4-6-16(23-2)7-5-12)11-21-15-9-13(19)8-14(20)10-15/h4-11,21H,3H2,1-2H3/b17-11-. The monoisotopic (exact) mass is 365 g/mol. The fourth-order valence-electron chi connectivity index (χ4n) is 2.03. The van der Waals surface area contributed by atoms with Crippen molar-refractivity contribution in [1.29, 1.82) is 0 Å². The second-order valence-corrected chi connectivity index (χ2v) is 5.68. The molecule has 24 heavy (non-hydrogen) atoms. The Morgan fingerprint density at radius 1 is 1.12 bits per heavy atom. The molecule has 0 bridgehead atoms. The van der Waals surface area contributed by atoms with Crippen molar-refractivity contribution in [2.45, 2.75) is 6.92 Å². The third-order valence-electron chi connectivity index (χ3n) is 3.14. The average Bonchev–Trinajstić information content (AvgIpc) is 2.55. The second-order valence-electron chi connectivity index (χ2n) is 4.81. The van der Waals surface area contributed by atoms with Gasteiger partial charge in [0.25, 0.3) is 0 Å². The summed E-state index contributed by atoms with van der Waals surface area (Å²) in [5.41, 5.74) is 1.76. The molecule has 0 aliphatic carbocycles. The second kappa shape index (κ2) is 8.62. The fraction of sp³-hybridized carbons (Fsp3) is 0.167. The highest BCUT2D eigenvalue weighted by atomic mass is 35.5. The van der Waals surface area contributed by atoms with Crippen LogP contribution in [0.2, 0.25) is 10.0 Å². The molecule has 0 spiro atoms. The van der Waals surface area contributed by atoms with Gasteiger partial charge in [0, 0.05) is 21.9 Å². The van der Waals surface area contributed by atoms with Crippen LogP contribution in [0.25, 0.3) is 5.57 Å². The molecule has 2 rings (SSSR count). The van der Waals surface area contributed by atoms with Crippen molar-refractivity contribution >= 4 is 40.4 Å². The molecular weight excluding hydrogens is 349 g/mol. The highest BCUT2D eigenvalue weighted by Crippen LogP contribution is 2.24. The maximum atomic E-state index is 12.2. The smallest absolute Gasteiger partial charge is 0.340 e. The molecule has 4 nitrogen and oxygen atoms in total. The average molecular weight is 366 g/mol. The fourth-order valence-corrected chi connectivity index (χ4v) is 2.56. The Balaban J connectivity index is 2.32. The number of nitrogens with one attached hydrogen (secondary N) is 1. The van der Waals surface area contributed by atoms with E-state index in [1.54, 1.807) is 62.7 Å². The number of esters is 1. The van der Waals surface area contributed by atoms with Crippen LogP contribution in [-0.4, -0.2) is 19.7 Å². The molecule has 0 amide bonds. The van der Waals surface area contributed by atoms with Gasteiger partial charge in [0.15, 0.2) is 0 Å². The Hall–Kier alpha value is -2.17. The van der Waals surface area contributed by atoms with Crippen LogP contribution in [0.1, 0.15) is 12.5 Å². The topological polar surface area (TPSA) is 47.6 Å². The molecule has 0 aliphatic rings. The van der Waals surface area contributed by atoms with Crippen LogP contribution in [-0.2, 0) is 9.53 Å². The predicted octanol–water partition coefficient (Wildman–Crippen LogP) is 5.02. The maximum Gasteiger partial charge on any atom is 0.340 e. The zero-order valence-corrected chi connectivity index (χ0v) is 14.8. The lowest BCUT2D eigenvalue weighted by atomic mass is 10.1. The van der Waals surface area contributed by atoms with Crippen LogP contribution in [0.3, 0.4) is 0 Å². The van der Waals surface area contributed by atoms with Gasteiger partial charge in [0.1, 0.15) is 5.75 Å². The normalized spacial score (nSPS) is 11.1. The molecule has 0 heterocycles. The third-order valence-corrected chi connectivity index (χ3v) is 3.58. The molecular formula is C18H17Cl2NO3. The van der Waals surface area contributed by atoms with Crippen LogP contribution in [0.4, 0.5) is 5.69 Å². The first-order valence-electron chi connectivity index (χ1n) is 7.28. The Morgan fingerprint density at radius 2 is 1.75 bits per heavy atom. The first-order chi connectivity index (χ1) is 11.5. The Bertz CT molecular complexity index is 722. The number of rotatable bonds is 6. The van der Waals surface area contributed by atoms with Crippen molar-refractivity contribution in [3.63, 3.8) is 0 Å². The van der Waals surface area contributed by atoms with Crippen molar-refractivity contribution in [2.75, 3.05) is 19.0 Å². The summed E-state index contributed by atoms with van der Waals surface area (Å²) in [7, 11) is 1.58. The minimum absolute atomic E-state index is 0.287. The Labute approximate surface area is 151 Å². The molecule has 0 aromatic heterocycles. The van der Waals surface area contributed by atoms with Gasteiger partial charge in [-0.1, -0.05) is 35.3 Å². The third kappa shape index (κ3) is 4.91. The molecule has 2 aromatic rings. The number of carbonyl (C=O) groups is 1. The number of methoxy groups -OCH3 is 1. The molecule has 0 aliphatic heterocycles. The van der Waals surface area contributed by atoms with Crippen LogP contribution in [0.5, 0.6) is 5.75 Å². The van der Waals surface area contributed by atoms with Gasteiger partial charge in [-0.05, 0) is 42.8 Å². The summed E-state index contributed by atoms with van der Waals surface area (Å²) in [6.07, 6.45) is 1.57. The van der Waals surface area contributed by atoms with Crippen LogP contribution >= 0.6 is 23.2 Å². The molecule has 0 radical (unpaired) electrons. The van der Waals surface area contributed by atoms with E-state index in [9.17, 15) is 4.79 Å². The highest BCUT2D eigenvalue weighted by Gasteiger charge is 2.13. The molecule has 0 saturated carbocycles. The van der Waals surface area contributed by atoms with E-state index in [-0.39, 0.29) is 6.61 Å². The molecule has 0 fully saturated rings. The minimum Gasteiger partial charge on any atom is -0.497 e. The van der Waals surface area contributed by atoms with Gasteiger partial charge in [-0.3, -0.25) is 0 Å². The number of halogens is 2. The van der Waals surface area contributed by atoms with E-state index in [0.717, 1.165) is 0 Å². The van der Waals surface area contributed by atoms with Crippen LogP contribution in [0, 0.1) is 0 Å². The van der Waals surface area contributed by atoms with E-state index in [1.807, 2.05) is 0 Å². The van der Waals surface area contributed by atoms with Gasteiger partial charge < -0.3 is 14.8 Å². The highest BCUT2D eigenvalue weighted by molar-refractivity contribution is 6.35. The number of carbonyl (C=O) groups excluding carboxylic acids is 1. The first kappa shape index (κ1) is 18.2. The van der Waals surface area contributed by atoms with Crippen molar-refractivity contribution in [1.82, 2.24) is 0 Å². The summed E-state index contributed by atoms with van der Waals surface area (Å²) >= 11 is 12.0. The maximum absolute atomic E-state index is 12.2. The molecule has 0 unspecified atom stereocenters. The summed E-state index contributed by atoms with van der Waals surface area (Å²) < 4.78 is 10.3. The largest absolute Gasteiger partial charge is 0.497 e. The number of benzene rings is 2. The lowest BCUT2D eigenvalue weighted by Crippen LogP contribution is -2.08. The van der Waals surface area contributed by atoms with Gasteiger partial charge >= 0.3 is 5.97 Å². The molecule has 126 valence electrons. The SMILES string of the molecule is CCOC(=O)/C(=C\Nc1cc(Cl)cc(Cl)c1)c1ccc(OC)cc1. The van der Waals surface area contributed by atoms with E-state index in [0.29, 0.717) is 32.6 Å². The van der Waals surface area contributed by atoms with Crippen LogP contribution in [0.15, 0.2) is 48.7 Å². The zero-order valence-electron chi connectivity index (χ0n) is 13.3. The summed E-state index contributed by atoms with van der Waals surface area (Å²) in [4.78, 5) is 12.2. The van der Waals surface area contributed by atoms with Gasteiger partial charge in [-0.25, -0.2) is 4.79 Å². The lowest BCUT2D eigenvalue weighted by molar-refractivity contribution is -0.136. The molecule has 6 heteroatoms. The van der Waals surface area contributed by atoms with Crippen molar-refractivity contribution in [3.05, 3.63) is 64.3 Å². The van der Waals surface area contributed by atoms with Crippen molar-refractivity contribution in [3.8, 4) is 5.75 Å². The summed E-state index contributed by atoms with van der Waals surface area (Å²) in [5.74, 6) is 0.278. The van der Waals surface area contributed by atoms with E-state index < -0.39 is 5.97 Å². The van der Waals surface area contributed by atoms with Gasteiger partial charge in [-0.15, -0.1) is 0 Å². The van der Waals surface area contributed by atoms with E-state index in [2.05, 4.69) is 5.32 Å². The predicted molar refractivity (Wildman–Crippen MR) is 97.7 cm³/mol. The molecule has 0 saturated heterocycles. The molecule has 2 aromatic carbocycles. The van der Waals surface area contributed by atoms with E-state index in [1.165, 1.54) is 0 Å². The first-order valence-corrected chi connectivity index (χ1v) is 8.03.